The molecule has 5 heteroatoms. The maximum Gasteiger partial charge on any atom is 0.239 e. The Balaban J connectivity index is 2.43. The van der Waals surface area contributed by atoms with Crippen molar-refractivity contribution in [1.82, 2.24) is 10.2 Å². The van der Waals surface area contributed by atoms with E-state index >= 15 is 0 Å². The molecule has 0 aromatic rings. The molecule has 1 amide bonds. The highest BCUT2D eigenvalue weighted by atomic mass is 16.5. The van der Waals surface area contributed by atoms with Crippen molar-refractivity contribution < 1.29 is 14.3 Å². The van der Waals surface area contributed by atoms with E-state index in [0.717, 1.165) is 19.5 Å². The van der Waals surface area contributed by atoms with Crippen LogP contribution in [0.5, 0.6) is 0 Å². The first-order valence-electron chi connectivity index (χ1n) is 7.18. The second kappa shape index (κ2) is 8.27. The standard InChI is InChI=1S/C14H26N2O3/c1-4-12(17)6-5-7-16-8-9-19-10-13(16)14(18)15-11(2)3/h11,13H,4-10H2,1-3H3,(H,15,18). The number of carbonyl (C=O) groups is 2. The number of ether oxygens (including phenoxy) is 1. The highest BCUT2D eigenvalue weighted by Crippen LogP contribution is 2.09. The van der Waals surface area contributed by atoms with E-state index in [2.05, 4.69) is 10.2 Å². The lowest BCUT2D eigenvalue weighted by atomic mass is 10.1. The van der Waals surface area contributed by atoms with Crippen LogP contribution in [-0.2, 0) is 14.3 Å². The fraction of sp³-hybridized carbons (Fsp3) is 0.857. The number of nitrogens with one attached hydrogen (secondary N) is 1. The predicted octanol–water partition coefficient (Wildman–Crippen LogP) is 0.971. The summed E-state index contributed by atoms with van der Waals surface area (Å²) in [5.74, 6) is 0.313. The summed E-state index contributed by atoms with van der Waals surface area (Å²) in [6.45, 7) is 8.43. The molecule has 0 aromatic carbocycles. The van der Waals surface area contributed by atoms with Gasteiger partial charge in [-0.3, -0.25) is 14.5 Å². The van der Waals surface area contributed by atoms with E-state index in [1.54, 1.807) is 0 Å². The Labute approximate surface area is 115 Å². The number of hydrogen-bond acceptors (Lipinski definition) is 4. The molecule has 0 bridgehead atoms. The van der Waals surface area contributed by atoms with Crippen molar-refractivity contribution in [3.05, 3.63) is 0 Å². The number of nitrogens with zero attached hydrogens (tertiary/aromatic N) is 1. The van der Waals surface area contributed by atoms with Gasteiger partial charge in [-0.1, -0.05) is 6.92 Å². The summed E-state index contributed by atoms with van der Waals surface area (Å²) in [7, 11) is 0. The van der Waals surface area contributed by atoms with Crippen molar-refractivity contribution in [3.8, 4) is 0 Å². The zero-order chi connectivity index (χ0) is 14.3. The summed E-state index contributed by atoms with van der Waals surface area (Å²) >= 11 is 0. The molecule has 110 valence electrons. The lowest BCUT2D eigenvalue weighted by Gasteiger charge is -2.34. The normalized spacial score (nSPS) is 20.5. The number of Topliss-reactive ketones (excluding diaryl/α,β-unsaturated/α-hetero) is 1. The van der Waals surface area contributed by atoms with E-state index in [0.29, 0.717) is 26.1 Å². The Kier molecular flexibility index (Phi) is 7.02. The van der Waals surface area contributed by atoms with Crippen LogP contribution in [-0.4, -0.2) is 55.0 Å². The first kappa shape index (κ1) is 16.1. The number of carbonyl (C=O) groups excluding carboxylic acids is 2. The Morgan fingerprint density at radius 3 is 2.79 bits per heavy atom. The van der Waals surface area contributed by atoms with Crippen LogP contribution in [0.1, 0.15) is 40.0 Å². The van der Waals surface area contributed by atoms with E-state index in [4.69, 9.17) is 4.74 Å². The first-order valence-corrected chi connectivity index (χ1v) is 7.18. The highest BCUT2D eigenvalue weighted by molar-refractivity contribution is 5.82. The third-order valence-electron chi connectivity index (χ3n) is 3.27. The maximum atomic E-state index is 12.1. The van der Waals surface area contributed by atoms with Crippen molar-refractivity contribution in [2.24, 2.45) is 0 Å². The Bertz CT molecular complexity index is 305. The molecular weight excluding hydrogens is 244 g/mol. The Hall–Kier alpha value is -0.940. The third-order valence-corrected chi connectivity index (χ3v) is 3.27. The van der Waals surface area contributed by atoms with Crippen LogP contribution in [0.25, 0.3) is 0 Å². The van der Waals surface area contributed by atoms with Crippen molar-refractivity contribution in [1.29, 1.82) is 0 Å². The zero-order valence-electron chi connectivity index (χ0n) is 12.3. The topological polar surface area (TPSA) is 58.6 Å². The number of rotatable bonds is 7. The van der Waals surface area contributed by atoms with E-state index in [1.807, 2.05) is 20.8 Å². The van der Waals surface area contributed by atoms with Crippen molar-refractivity contribution in [2.75, 3.05) is 26.3 Å². The van der Waals surface area contributed by atoms with E-state index in [-0.39, 0.29) is 23.8 Å². The van der Waals surface area contributed by atoms with Crippen molar-refractivity contribution in [3.63, 3.8) is 0 Å². The number of ketones is 1. The van der Waals surface area contributed by atoms with Gasteiger partial charge >= 0.3 is 0 Å². The van der Waals surface area contributed by atoms with Crippen LogP contribution in [0.15, 0.2) is 0 Å². The molecule has 5 nitrogen and oxygen atoms in total. The van der Waals surface area contributed by atoms with Gasteiger partial charge in [0, 0.05) is 25.4 Å². The second-order valence-electron chi connectivity index (χ2n) is 5.29. The largest absolute Gasteiger partial charge is 0.378 e. The quantitative estimate of drug-likeness (QED) is 0.749. The van der Waals surface area contributed by atoms with Crippen LogP contribution >= 0.6 is 0 Å². The SMILES string of the molecule is CCC(=O)CCCN1CCOCC1C(=O)NC(C)C. The summed E-state index contributed by atoms with van der Waals surface area (Å²) in [5, 5.41) is 2.93. The van der Waals surface area contributed by atoms with Gasteiger partial charge in [-0.2, -0.15) is 0 Å². The highest BCUT2D eigenvalue weighted by Gasteiger charge is 2.29. The average molecular weight is 270 g/mol. The van der Waals surface area contributed by atoms with Crippen LogP contribution < -0.4 is 5.32 Å². The maximum absolute atomic E-state index is 12.1. The lowest BCUT2D eigenvalue weighted by Crippen LogP contribution is -2.55. The molecule has 0 saturated carbocycles. The molecule has 1 rings (SSSR count). The third kappa shape index (κ3) is 5.70. The minimum absolute atomic E-state index is 0.0246. The van der Waals surface area contributed by atoms with Gasteiger partial charge in [0.2, 0.25) is 5.91 Å². The first-order chi connectivity index (χ1) is 9.04. The molecule has 1 unspecified atom stereocenters. The molecule has 0 aliphatic carbocycles. The second-order valence-corrected chi connectivity index (χ2v) is 5.29. The van der Waals surface area contributed by atoms with Gasteiger partial charge in [-0.25, -0.2) is 0 Å². The van der Waals surface area contributed by atoms with Gasteiger partial charge in [0.1, 0.15) is 11.8 Å². The van der Waals surface area contributed by atoms with Gasteiger partial charge < -0.3 is 10.1 Å². The summed E-state index contributed by atoms with van der Waals surface area (Å²) in [5.41, 5.74) is 0. The number of amides is 1. The number of morpholine rings is 1. The van der Waals surface area contributed by atoms with E-state index in [1.165, 1.54) is 0 Å². The monoisotopic (exact) mass is 270 g/mol. The minimum Gasteiger partial charge on any atom is -0.378 e. The Morgan fingerprint density at radius 2 is 2.16 bits per heavy atom. The Morgan fingerprint density at radius 1 is 1.42 bits per heavy atom. The smallest absolute Gasteiger partial charge is 0.239 e. The fourth-order valence-electron chi connectivity index (χ4n) is 2.18. The summed E-state index contributed by atoms with van der Waals surface area (Å²) in [6.07, 6.45) is 2.02. The van der Waals surface area contributed by atoms with Gasteiger partial charge in [0.25, 0.3) is 0 Å². The average Bonchev–Trinajstić information content (AvgIpc) is 2.38. The molecule has 19 heavy (non-hydrogen) atoms. The lowest BCUT2D eigenvalue weighted by molar-refractivity contribution is -0.133. The fourth-order valence-corrected chi connectivity index (χ4v) is 2.18. The summed E-state index contributed by atoms with van der Waals surface area (Å²) in [4.78, 5) is 25.5. The molecule has 1 fully saturated rings. The van der Waals surface area contributed by atoms with E-state index in [9.17, 15) is 9.59 Å². The molecule has 1 heterocycles. The van der Waals surface area contributed by atoms with Crippen LogP contribution in [0.3, 0.4) is 0 Å². The van der Waals surface area contributed by atoms with Crippen molar-refractivity contribution >= 4 is 11.7 Å². The molecule has 1 aliphatic rings. The van der Waals surface area contributed by atoms with Crippen LogP contribution in [0.4, 0.5) is 0 Å². The van der Waals surface area contributed by atoms with Crippen LogP contribution in [0.2, 0.25) is 0 Å². The molecule has 1 atom stereocenters. The van der Waals surface area contributed by atoms with Crippen molar-refractivity contribution in [2.45, 2.75) is 52.1 Å². The molecule has 1 saturated heterocycles. The molecular formula is C14H26N2O3. The van der Waals surface area contributed by atoms with Crippen LogP contribution in [0, 0.1) is 0 Å². The molecule has 0 aromatic heterocycles. The van der Waals surface area contributed by atoms with Gasteiger partial charge in [-0.15, -0.1) is 0 Å². The molecule has 0 spiro atoms. The zero-order valence-corrected chi connectivity index (χ0v) is 12.3. The minimum atomic E-state index is -0.215. The summed E-state index contributed by atoms with van der Waals surface area (Å²) in [6, 6.07) is -0.0779. The molecule has 1 aliphatic heterocycles. The van der Waals surface area contributed by atoms with E-state index < -0.39 is 0 Å². The number of hydrogen-bond donors (Lipinski definition) is 1. The van der Waals surface area contributed by atoms with Gasteiger partial charge in [0.05, 0.1) is 13.2 Å². The van der Waals surface area contributed by atoms with Gasteiger partial charge in [0.15, 0.2) is 0 Å². The molecule has 0 radical (unpaired) electrons. The summed E-state index contributed by atoms with van der Waals surface area (Å²) < 4.78 is 5.39. The molecule has 1 N–H and O–H groups in total. The van der Waals surface area contributed by atoms with Gasteiger partial charge in [-0.05, 0) is 26.8 Å². The predicted molar refractivity (Wildman–Crippen MR) is 74.0 cm³/mol.